The van der Waals surface area contributed by atoms with E-state index in [1.165, 1.54) is 17.7 Å². The number of ketones is 3. The fourth-order valence-electron chi connectivity index (χ4n) is 11.4. The van der Waals surface area contributed by atoms with Gasteiger partial charge in [0.15, 0.2) is 23.0 Å². The Kier molecular flexibility index (Phi) is 19.2. The molecule has 0 saturated carbocycles. The number of rotatable bonds is 29. The second-order valence-corrected chi connectivity index (χ2v) is 21.4. The van der Waals surface area contributed by atoms with E-state index >= 15 is 0 Å². The van der Waals surface area contributed by atoms with Crippen molar-refractivity contribution >= 4 is 75.4 Å². The van der Waals surface area contributed by atoms with Crippen LogP contribution >= 0.6 is 0 Å². The van der Waals surface area contributed by atoms with Gasteiger partial charge in [-0.25, -0.2) is 14.6 Å². The number of ether oxygens (including phenoxy) is 2. The molecule has 1 aromatic heterocycles. The molecule has 4 atom stereocenters. The van der Waals surface area contributed by atoms with Crippen LogP contribution in [0.1, 0.15) is 142 Å². The number of nitrogens with two attached hydrogens (primary N) is 1. The van der Waals surface area contributed by atoms with Gasteiger partial charge in [0.05, 0.1) is 41.1 Å². The third-order valence-corrected chi connectivity index (χ3v) is 16.0. The van der Waals surface area contributed by atoms with Gasteiger partial charge in [-0.15, -0.1) is 0 Å². The number of aromatic nitrogens is 1. The Labute approximate surface area is 464 Å². The number of benzene rings is 2. The van der Waals surface area contributed by atoms with E-state index in [0.717, 1.165) is 50.0 Å². The zero-order valence-electron chi connectivity index (χ0n) is 45.7. The second kappa shape index (κ2) is 26.2. The van der Waals surface area contributed by atoms with E-state index in [-0.39, 0.29) is 124 Å². The van der Waals surface area contributed by atoms with E-state index in [9.17, 15) is 53.1 Å². The highest BCUT2D eigenvalue weighted by Gasteiger charge is 2.50. The van der Waals surface area contributed by atoms with Gasteiger partial charge in [-0.2, -0.15) is 0 Å². The van der Waals surface area contributed by atoms with Gasteiger partial charge < -0.3 is 41.2 Å². The zero-order valence-corrected chi connectivity index (χ0v) is 45.7. The molecule has 2 aromatic carbocycles. The number of imide groups is 1. The summed E-state index contributed by atoms with van der Waals surface area (Å²) < 4.78 is 10.7. The highest BCUT2D eigenvalue weighted by Crippen LogP contribution is 2.49. The number of carbonyl (C=O) groups excluding carboxylic acids is 10. The minimum absolute atomic E-state index is 0.0118. The van der Waals surface area contributed by atoms with E-state index in [0.29, 0.717) is 69.4 Å². The Morgan fingerprint density at radius 2 is 1.55 bits per heavy atom. The summed E-state index contributed by atoms with van der Waals surface area (Å²) in [6.07, 6.45) is 8.24. The molecule has 5 aliphatic rings. The summed E-state index contributed by atoms with van der Waals surface area (Å²) in [6.45, 7) is 6.38. The second-order valence-electron chi connectivity index (χ2n) is 21.4. The van der Waals surface area contributed by atoms with Crippen LogP contribution in [0.4, 0.5) is 0 Å². The third-order valence-electron chi connectivity index (χ3n) is 16.0. The number of esters is 2. The molecular formula is C60H71N7O13. The molecule has 0 radical (unpaired) electrons. The van der Waals surface area contributed by atoms with Crippen LogP contribution in [0.5, 0.6) is 0 Å². The van der Waals surface area contributed by atoms with Crippen LogP contribution < -0.4 is 21.7 Å². The highest BCUT2D eigenvalue weighted by molar-refractivity contribution is 6.13. The predicted octanol–water partition coefficient (Wildman–Crippen LogP) is 4.15. The molecule has 0 unspecified atom stereocenters. The minimum atomic E-state index is -1.98. The largest absolute Gasteiger partial charge is 0.387 e. The maximum absolute atomic E-state index is 13.7. The van der Waals surface area contributed by atoms with Crippen molar-refractivity contribution in [1.82, 2.24) is 30.7 Å². The van der Waals surface area contributed by atoms with Crippen LogP contribution in [-0.2, 0) is 76.8 Å². The fraction of sp³-hybridized carbons (Fsp3) is 0.483. The highest BCUT2D eigenvalue weighted by atomic mass is 16.6. The number of unbranched alkanes of at least 4 members (excludes halogenated alkanes) is 3. The molecule has 424 valence electrons. The van der Waals surface area contributed by atoms with E-state index < -0.39 is 47.2 Å². The molecule has 20 heteroatoms. The number of hydrogen-bond donors (Lipinski definition) is 5. The lowest BCUT2D eigenvalue weighted by Crippen LogP contribution is -2.49. The molecule has 0 bridgehead atoms. The van der Waals surface area contributed by atoms with Gasteiger partial charge in [0, 0.05) is 80.3 Å². The Morgan fingerprint density at radius 1 is 0.850 bits per heavy atom. The van der Waals surface area contributed by atoms with E-state index in [1.54, 1.807) is 25.1 Å². The molecule has 3 aromatic rings. The van der Waals surface area contributed by atoms with Crippen molar-refractivity contribution in [3.05, 3.63) is 105 Å². The minimum Gasteiger partial charge on any atom is -0.387 e. The molecule has 6 N–H and O–H groups in total. The van der Waals surface area contributed by atoms with Crippen molar-refractivity contribution < 1.29 is 62.5 Å². The summed E-state index contributed by atoms with van der Waals surface area (Å²) >= 11 is 0. The number of hydrogen-bond acceptors (Lipinski definition) is 16. The van der Waals surface area contributed by atoms with Crippen LogP contribution in [0.25, 0.3) is 16.6 Å². The fourth-order valence-corrected chi connectivity index (χ4v) is 11.4. The molecule has 0 fully saturated rings. The number of fused-ring (bicyclic) bond motifs is 4. The van der Waals surface area contributed by atoms with Crippen molar-refractivity contribution in [3.8, 4) is 0 Å². The van der Waals surface area contributed by atoms with Crippen LogP contribution in [-0.4, -0.2) is 129 Å². The number of cyclic esters (lactones) is 2. The van der Waals surface area contributed by atoms with Crippen LogP contribution in [0, 0.1) is 13.8 Å². The maximum Gasteiger partial charge on any atom is 0.350 e. The molecule has 0 spiro atoms. The summed E-state index contributed by atoms with van der Waals surface area (Å²) in [5, 5.41) is 20.6. The number of pyridine rings is 1. The van der Waals surface area contributed by atoms with Gasteiger partial charge in [0.2, 0.25) is 17.7 Å². The van der Waals surface area contributed by atoms with Gasteiger partial charge >= 0.3 is 11.9 Å². The van der Waals surface area contributed by atoms with Crippen molar-refractivity contribution in [3.63, 3.8) is 0 Å². The van der Waals surface area contributed by atoms with Crippen molar-refractivity contribution in [2.45, 2.75) is 154 Å². The van der Waals surface area contributed by atoms with Crippen molar-refractivity contribution in [2.24, 2.45) is 5.73 Å². The molecule has 1 aliphatic carbocycles. The van der Waals surface area contributed by atoms with E-state index in [1.807, 2.05) is 36.1 Å². The SMILES string of the molecule is CC[C@@]1(O)C(=O)OC(=O)C2=C1C=C1c3nc4cc(C)c(C)c5c4c(c3CN1C2)[C@@H](CC(=O)COCNC(=O)CCC(=O)[C@H](Cc1ccccc1)NC(=O)CCC(=O)[C@H](CCCCN)NC(=O)CCCCCN1C(=O)C=CC1=O)CC5. The molecule has 4 aliphatic heterocycles. The summed E-state index contributed by atoms with van der Waals surface area (Å²) in [5.74, 6) is -5.02. The first-order chi connectivity index (χ1) is 38.4. The number of aryl methyl sites for hydroxylation is 2. The maximum atomic E-state index is 13.7. The lowest BCUT2D eigenvalue weighted by Gasteiger charge is -2.36. The lowest BCUT2D eigenvalue weighted by atomic mass is 9.76. The van der Waals surface area contributed by atoms with Gasteiger partial charge in [0.25, 0.3) is 11.8 Å². The topological polar surface area (TPSA) is 291 Å². The molecule has 20 nitrogen and oxygen atoms in total. The molecule has 8 rings (SSSR count). The first-order valence-corrected chi connectivity index (χ1v) is 27.8. The van der Waals surface area contributed by atoms with Crippen molar-refractivity contribution in [1.29, 1.82) is 0 Å². The third kappa shape index (κ3) is 13.4. The lowest BCUT2D eigenvalue weighted by molar-refractivity contribution is -0.172. The Morgan fingerprint density at radius 3 is 2.27 bits per heavy atom. The molecule has 5 amide bonds. The Bertz CT molecular complexity index is 3070. The van der Waals surface area contributed by atoms with Gasteiger partial charge in [-0.05, 0) is 124 Å². The molecule has 80 heavy (non-hydrogen) atoms. The van der Waals surface area contributed by atoms with Gasteiger partial charge in [0.1, 0.15) is 13.3 Å². The van der Waals surface area contributed by atoms with Gasteiger partial charge in [-0.3, -0.25) is 43.3 Å². The summed E-state index contributed by atoms with van der Waals surface area (Å²) in [6, 6.07) is 9.24. The van der Waals surface area contributed by atoms with Crippen LogP contribution in [0.2, 0.25) is 0 Å². The molecular weight excluding hydrogens is 1030 g/mol. The summed E-state index contributed by atoms with van der Waals surface area (Å²) in [7, 11) is 0. The smallest absolute Gasteiger partial charge is 0.350 e. The Balaban J connectivity index is 0.819. The number of aliphatic hydroxyl groups is 1. The number of nitrogens with zero attached hydrogens (tertiary/aromatic N) is 3. The summed E-state index contributed by atoms with van der Waals surface area (Å²) in [4.78, 5) is 138. The number of amides is 5. The van der Waals surface area contributed by atoms with E-state index in [4.69, 9.17) is 20.2 Å². The molecule has 0 saturated heterocycles. The number of Topliss-reactive ketones (excluding diaryl/α,β-unsaturated/α-hetero) is 3. The van der Waals surface area contributed by atoms with E-state index in [2.05, 4.69) is 22.9 Å². The van der Waals surface area contributed by atoms with Crippen molar-refractivity contribution in [2.75, 3.05) is 33.0 Å². The zero-order chi connectivity index (χ0) is 57.3. The van der Waals surface area contributed by atoms with Crippen LogP contribution in [0.3, 0.4) is 0 Å². The Hall–Kier alpha value is -7.55. The average molecular weight is 1100 g/mol. The standard InChI is InChI=1S/C60H71N7O13/c1-4-60(78)43-30-47-57-42(32-66(47)31-41(43)58(76)80-59(60)77)55-38(17-18-40-36(3)35(2)27-46(65-57)56(40)55)29-39(68)33-79-34-62-50(71)21-19-49(70)45(28-37-13-7-5-8-14-37)64-52(73)22-20-48(69)44(15-10-11-25-61)63-51(72)16-9-6-12-26-67-53(74)23-24-54(67)75/h5,7-8,13-14,23-24,27,30,38,44-45,78H,4,6,9-12,15-22,25-26,28-29,31-34,61H2,1-3H3,(H,62,71)(H,63,72)(H,64,73)/t38-,44+,45+,60+/m1/s1. The monoisotopic (exact) mass is 1100 g/mol. The predicted molar refractivity (Wildman–Crippen MR) is 292 cm³/mol. The average Bonchev–Trinajstić information content (AvgIpc) is 4.14. The number of carbonyl (C=O) groups is 10. The first kappa shape index (κ1) is 58.6. The normalized spacial score (nSPS) is 18.8. The van der Waals surface area contributed by atoms with Crippen LogP contribution in [0.15, 0.2) is 65.8 Å². The first-order valence-electron chi connectivity index (χ1n) is 27.8. The summed E-state index contributed by atoms with van der Waals surface area (Å²) in [5.41, 5.74) is 12.4. The van der Waals surface area contributed by atoms with Gasteiger partial charge in [-0.1, -0.05) is 43.7 Å². The quantitative estimate of drug-likeness (QED) is 0.0215. The molecule has 5 heterocycles. The number of nitrogens with one attached hydrogen (secondary N) is 3.